The van der Waals surface area contributed by atoms with Gasteiger partial charge in [-0.25, -0.2) is 0 Å². The molecule has 1 heterocycles. The van der Waals surface area contributed by atoms with Gasteiger partial charge in [0.15, 0.2) is 11.5 Å². The maximum atomic E-state index is 6.10. The van der Waals surface area contributed by atoms with Crippen LogP contribution in [-0.2, 0) is 0 Å². The number of fused-ring (bicyclic) bond motifs is 3. The van der Waals surface area contributed by atoms with Crippen LogP contribution in [0, 0.1) is 6.92 Å². The minimum Gasteiger partial charge on any atom is -0.453 e. The molecule has 0 N–H and O–H groups in total. The molecule has 4 rings (SSSR count). The first-order chi connectivity index (χ1) is 9.72. The molecule has 2 heteroatoms. The van der Waals surface area contributed by atoms with Crippen molar-refractivity contribution in [3.8, 4) is 11.5 Å². The Morgan fingerprint density at radius 2 is 1.50 bits per heavy atom. The highest BCUT2D eigenvalue weighted by Gasteiger charge is 2.22. The molecule has 0 spiro atoms. The molecule has 0 amide bonds. The average Bonchev–Trinajstić information content (AvgIpc) is 2.45. The summed E-state index contributed by atoms with van der Waals surface area (Å²) in [6.07, 6.45) is 0. The van der Waals surface area contributed by atoms with Gasteiger partial charge in [-0.1, -0.05) is 30.3 Å². The SMILES string of the molecule is Cc1ccc2c(c1)Oc1cc3ccccc3cc1N2C. The van der Waals surface area contributed by atoms with E-state index in [-0.39, 0.29) is 0 Å². The maximum Gasteiger partial charge on any atom is 0.151 e. The number of hydrogen-bond donors (Lipinski definition) is 0. The number of ether oxygens (including phenoxy) is 1. The van der Waals surface area contributed by atoms with E-state index in [2.05, 4.69) is 73.5 Å². The topological polar surface area (TPSA) is 12.5 Å². The molecule has 0 saturated heterocycles. The Morgan fingerprint density at radius 1 is 0.800 bits per heavy atom. The highest BCUT2D eigenvalue weighted by molar-refractivity contribution is 5.92. The van der Waals surface area contributed by atoms with Gasteiger partial charge < -0.3 is 9.64 Å². The van der Waals surface area contributed by atoms with Crippen molar-refractivity contribution < 1.29 is 4.74 Å². The summed E-state index contributed by atoms with van der Waals surface area (Å²) in [7, 11) is 2.09. The lowest BCUT2D eigenvalue weighted by Gasteiger charge is -2.30. The summed E-state index contributed by atoms with van der Waals surface area (Å²) in [6.45, 7) is 2.08. The van der Waals surface area contributed by atoms with Crippen LogP contribution in [0.25, 0.3) is 10.8 Å². The van der Waals surface area contributed by atoms with Crippen LogP contribution in [0.3, 0.4) is 0 Å². The van der Waals surface area contributed by atoms with Gasteiger partial charge in [0.05, 0.1) is 11.4 Å². The fourth-order valence-corrected chi connectivity index (χ4v) is 2.78. The maximum absolute atomic E-state index is 6.10. The first-order valence-electron chi connectivity index (χ1n) is 6.77. The third kappa shape index (κ3) is 1.58. The predicted octanol–water partition coefficient (Wildman–Crippen LogP) is 5.02. The molecule has 3 aromatic rings. The van der Waals surface area contributed by atoms with Crippen LogP contribution < -0.4 is 9.64 Å². The molecular formula is C18H15NO. The van der Waals surface area contributed by atoms with E-state index in [0.717, 1.165) is 22.9 Å². The number of anilines is 2. The largest absolute Gasteiger partial charge is 0.453 e. The summed E-state index contributed by atoms with van der Waals surface area (Å²) in [6, 6.07) is 19.0. The van der Waals surface area contributed by atoms with E-state index in [1.165, 1.54) is 16.3 Å². The van der Waals surface area contributed by atoms with Crippen molar-refractivity contribution in [2.24, 2.45) is 0 Å². The monoisotopic (exact) mass is 261 g/mol. The van der Waals surface area contributed by atoms with Gasteiger partial charge in [-0.2, -0.15) is 0 Å². The van der Waals surface area contributed by atoms with Crippen LogP contribution in [0.15, 0.2) is 54.6 Å². The molecule has 0 atom stereocenters. The Balaban J connectivity index is 1.95. The predicted molar refractivity (Wildman–Crippen MR) is 83.3 cm³/mol. The van der Waals surface area contributed by atoms with Crippen LogP contribution in [0.5, 0.6) is 11.5 Å². The molecule has 1 aliphatic heterocycles. The first kappa shape index (κ1) is 11.4. The summed E-state index contributed by atoms with van der Waals surface area (Å²) >= 11 is 0. The Labute approximate surface area is 118 Å². The second-order valence-corrected chi connectivity index (χ2v) is 5.30. The van der Waals surface area contributed by atoms with E-state index in [4.69, 9.17) is 4.74 Å². The standard InChI is InChI=1S/C18H15NO/c1-12-7-8-15-17(9-12)20-18-11-14-6-4-3-5-13(14)10-16(18)19(15)2/h3-11H,1-2H3. The van der Waals surface area contributed by atoms with Gasteiger partial charge in [0.2, 0.25) is 0 Å². The Morgan fingerprint density at radius 3 is 2.30 bits per heavy atom. The van der Waals surface area contributed by atoms with Crippen molar-refractivity contribution in [3.05, 3.63) is 60.2 Å². The number of nitrogens with zero attached hydrogens (tertiary/aromatic N) is 1. The number of aryl methyl sites for hydroxylation is 1. The zero-order valence-corrected chi connectivity index (χ0v) is 11.6. The van der Waals surface area contributed by atoms with E-state index in [0.29, 0.717) is 0 Å². The third-order valence-electron chi connectivity index (χ3n) is 3.89. The minimum atomic E-state index is 0.921. The van der Waals surface area contributed by atoms with Gasteiger partial charge >= 0.3 is 0 Å². The Hall–Kier alpha value is -2.48. The minimum absolute atomic E-state index is 0.921. The van der Waals surface area contributed by atoms with E-state index in [1.54, 1.807) is 0 Å². The van der Waals surface area contributed by atoms with E-state index in [9.17, 15) is 0 Å². The number of hydrogen-bond acceptors (Lipinski definition) is 2. The Bertz CT molecular complexity index is 823. The fourth-order valence-electron chi connectivity index (χ4n) is 2.78. The molecule has 0 unspecified atom stereocenters. The highest BCUT2D eigenvalue weighted by Crippen LogP contribution is 2.47. The van der Waals surface area contributed by atoms with Crippen LogP contribution in [0.2, 0.25) is 0 Å². The summed E-state index contributed by atoms with van der Waals surface area (Å²) in [5.74, 6) is 1.85. The van der Waals surface area contributed by atoms with E-state index in [1.807, 2.05) is 0 Å². The Kier molecular flexibility index (Phi) is 2.27. The van der Waals surface area contributed by atoms with Gasteiger partial charge in [0.1, 0.15) is 0 Å². The van der Waals surface area contributed by atoms with Gasteiger partial charge in [0, 0.05) is 7.05 Å². The molecule has 0 bridgehead atoms. The van der Waals surface area contributed by atoms with Crippen molar-refractivity contribution in [2.45, 2.75) is 6.92 Å². The van der Waals surface area contributed by atoms with Crippen LogP contribution >= 0.6 is 0 Å². The molecule has 20 heavy (non-hydrogen) atoms. The lowest BCUT2D eigenvalue weighted by molar-refractivity contribution is 0.476. The lowest BCUT2D eigenvalue weighted by Crippen LogP contribution is -2.15. The van der Waals surface area contributed by atoms with Gasteiger partial charge in [-0.3, -0.25) is 0 Å². The second-order valence-electron chi connectivity index (χ2n) is 5.30. The van der Waals surface area contributed by atoms with Crippen LogP contribution in [0.4, 0.5) is 11.4 Å². The second kappa shape index (κ2) is 4.01. The number of rotatable bonds is 0. The molecule has 0 fully saturated rings. The molecule has 0 aromatic heterocycles. The number of benzene rings is 3. The molecule has 0 aliphatic carbocycles. The zero-order chi connectivity index (χ0) is 13.7. The third-order valence-corrected chi connectivity index (χ3v) is 3.89. The average molecular weight is 261 g/mol. The van der Waals surface area contributed by atoms with Crippen LogP contribution in [0.1, 0.15) is 5.56 Å². The van der Waals surface area contributed by atoms with Gasteiger partial charge in [-0.15, -0.1) is 0 Å². The smallest absolute Gasteiger partial charge is 0.151 e. The quantitative estimate of drug-likeness (QED) is 0.563. The van der Waals surface area contributed by atoms with Crippen LogP contribution in [-0.4, -0.2) is 7.05 Å². The molecule has 3 aromatic carbocycles. The van der Waals surface area contributed by atoms with Crippen molar-refractivity contribution in [1.82, 2.24) is 0 Å². The van der Waals surface area contributed by atoms with Crippen molar-refractivity contribution in [3.63, 3.8) is 0 Å². The van der Waals surface area contributed by atoms with Crippen molar-refractivity contribution >= 4 is 22.1 Å². The lowest BCUT2D eigenvalue weighted by atomic mass is 10.1. The summed E-state index contributed by atoms with van der Waals surface area (Å²) < 4.78 is 6.10. The molecule has 98 valence electrons. The molecular weight excluding hydrogens is 246 g/mol. The van der Waals surface area contributed by atoms with Crippen molar-refractivity contribution in [2.75, 3.05) is 11.9 Å². The first-order valence-corrected chi connectivity index (χ1v) is 6.77. The highest BCUT2D eigenvalue weighted by atomic mass is 16.5. The summed E-state index contributed by atoms with van der Waals surface area (Å²) in [5.41, 5.74) is 3.43. The fraction of sp³-hybridized carbons (Fsp3) is 0.111. The molecule has 2 nitrogen and oxygen atoms in total. The van der Waals surface area contributed by atoms with E-state index >= 15 is 0 Å². The van der Waals surface area contributed by atoms with Gasteiger partial charge in [0.25, 0.3) is 0 Å². The van der Waals surface area contributed by atoms with Crippen molar-refractivity contribution in [1.29, 1.82) is 0 Å². The zero-order valence-electron chi connectivity index (χ0n) is 11.6. The molecule has 0 saturated carbocycles. The summed E-state index contributed by atoms with van der Waals surface area (Å²) in [5, 5.41) is 2.44. The molecule has 1 aliphatic rings. The summed E-state index contributed by atoms with van der Waals surface area (Å²) in [4.78, 5) is 2.19. The van der Waals surface area contributed by atoms with E-state index < -0.39 is 0 Å². The van der Waals surface area contributed by atoms with Gasteiger partial charge in [-0.05, 0) is 47.5 Å². The molecule has 0 radical (unpaired) electrons. The normalized spacial score (nSPS) is 12.8.